The summed E-state index contributed by atoms with van der Waals surface area (Å²) in [5.41, 5.74) is 0.696. The molecule has 2 aromatic carbocycles. The first-order chi connectivity index (χ1) is 14.7. The molecule has 0 aliphatic carbocycles. The van der Waals surface area contributed by atoms with Crippen molar-refractivity contribution in [3.63, 3.8) is 0 Å². The molecule has 7 nitrogen and oxygen atoms in total. The smallest absolute Gasteiger partial charge is 0.410 e. The van der Waals surface area contributed by atoms with Crippen molar-refractivity contribution in [3.05, 3.63) is 76.1 Å². The number of nitrogens with zero attached hydrogens (tertiary/aromatic N) is 1. The van der Waals surface area contributed by atoms with Gasteiger partial charge in [0.1, 0.15) is 11.2 Å². The number of para-hydroxylation sites is 2. The highest BCUT2D eigenvalue weighted by Crippen LogP contribution is 2.20. The van der Waals surface area contributed by atoms with Crippen molar-refractivity contribution in [3.8, 4) is 0 Å². The van der Waals surface area contributed by atoms with Gasteiger partial charge in [-0.05, 0) is 51.5 Å². The molecule has 1 heterocycles. The molecule has 7 heteroatoms. The van der Waals surface area contributed by atoms with Crippen molar-refractivity contribution in [1.82, 2.24) is 4.90 Å². The molecule has 0 radical (unpaired) electrons. The molecule has 0 unspecified atom stereocenters. The zero-order valence-corrected chi connectivity index (χ0v) is 18.1. The molecule has 3 rings (SSSR count). The van der Waals surface area contributed by atoms with E-state index in [9.17, 15) is 14.4 Å². The lowest BCUT2D eigenvalue weighted by Gasteiger charge is -2.27. The Labute approximate surface area is 180 Å². The second kappa shape index (κ2) is 9.04. The van der Waals surface area contributed by atoms with E-state index in [1.807, 2.05) is 39.8 Å². The van der Waals surface area contributed by atoms with Gasteiger partial charge in [0.2, 0.25) is 0 Å². The quantitative estimate of drug-likeness (QED) is 0.638. The molecule has 0 bridgehead atoms. The van der Waals surface area contributed by atoms with E-state index in [1.54, 1.807) is 41.3 Å². The topological polar surface area (TPSA) is 88.9 Å². The zero-order valence-electron chi connectivity index (χ0n) is 18.1. The van der Waals surface area contributed by atoms with Gasteiger partial charge in [0.15, 0.2) is 11.2 Å². The Balaban J connectivity index is 1.83. The van der Waals surface area contributed by atoms with E-state index >= 15 is 0 Å². The summed E-state index contributed by atoms with van der Waals surface area (Å²) in [6.45, 7) is 7.98. The lowest BCUT2D eigenvalue weighted by molar-refractivity contribution is 0.0245. The first kappa shape index (κ1) is 22.1. The molecular formula is C24H26N2O5. The summed E-state index contributed by atoms with van der Waals surface area (Å²) < 4.78 is 11.1. The van der Waals surface area contributed by atoms with Gasteiger partial charge in [0, 0.05) is 18.3 Å². The SMILES string of the molecule is CCN(Cc1ccccc1NC(=O)c1cc(=O)c2ccccc2o1)C(=O)OC(C)(C)C. The fourth-order valence-corrected chi connectivity index (χ4v) is 3.02. The molecule has 0 saturated carbocycles. The molecule has 0 aliphatic rings. The largest absolute Gasteiger partial charge is 0.451 e. The molecule has 1 aromatic heterocycles. The first-order valence-electron chi connectivity index (χ1n) is 10.1. The van der Waals surface area contributed by atoms with E-state index in [4.69, 9.17) is 9.15 Å². The summed E-state index contributed by atoms with van der Waals surface area (Å²) in [5.74, 6) is -0.631. The Hall–Kier alpha value is -3.61. The van der Waals surface area contributed by atoms with Crippen molar-refractivity contribution < 1.29 is 18.7 Å². The third-order valence-electron chi connectivity index (χ3n) is 4.52. The second-order valence-electron chi connectivity index (χ2n) is 8.08. The highest BCUT2D eigenvalue weighted by Gasteiger charge is 2.22. The predicted molar refractivity (Wildman–Crippen MR) is 119 cm³/mol. The molecule has 2 amide bonds. The highest BCUT2D eigenvalue weighted by molar-refractivity contribution is 6.03. The van der Waals surface area contributed by atoms with Crippen molar-refractivity contribution in [2.75, 3.05) is 11.9 Å². The number of anilines is 1. The van der Waals surface area contributed by atoms with E-state index in [1.165, 1.54) is 6.07 Å². The average molecular weight is 422 g/mol. The molecule has 3 aromatic rings. The molecule has 0 fully saturated rings. The van der Waals surface area contributed by atoms with Crippen LogP contribution in [0.3, 0.4) is 0 Å². The molecule has 162 valence electrons. The lowest BCUT2D eigenvalue weighted by atomic mass is 10.1. The minimum absolute atomic E-state index is 0.0852. The van der Waals surface area contributed by atoms with Crippen LogP contribution in [-0.2, 0) is 11.3 Å². The van der Waals surface area contributed by atoms with E-state index in [0.29, 0.717) is 23.2 Å². The van der Waals surface area contributed by atoms with E-state index in [0.717, 1.165) is 5.56 Å². The van der Waals surface area contributed by atoms with Crippen LogP contribution in [0.5, 0.6) is 0 Å². The van der Waals surface area contributed by atoms with Crippen LogP contribution in [0.25, 0.3) is 11.0 Å². The monoisotopic (exact) mass is 422 g/mol. The van der Waals surface area contributed by atoms with Crippen LogP contribution in [0.2, 0.25) is 0 Å². The molecule has 1 N–H and O–H groups in total. The van der Waals surface area contributed by atoms with Crippen LogP contribution >= 0.6 is 0 Å². The third kappa shape index (κ3) is 5.51. The minimum Gasteiger partial charge on any atom is -0.451 e. The number of hydrogen-bond donors (Lipinski definition) is 1. The van der Waals surface area contributed by atoms with Gasteiger partial charge < -0.3 is 19.4 Å². The highest BCUT2D eigenvalue weighted by atomic mass is 16.6. The van der Waals surface area contributed by atoms with Gasteiger partial charge in [-0.1, -0.05) is 30.3 Å². The van der Waals surface area contributed by atoms with Gasteiger partial charge in [-0.15, -0.1) is 0 Å². The van der Waals surface area contributed by atoms with Crippen LogP contribution in [0, 0.1) is 0 Å². The van der Waals surface area contributed by atoms with Gasteiger partial charge in [0.25, 0.3) is 5.91 Å². The van der Waals surface area contributed by atoms with Gasteiger partial charge in [-0.2, -0.15) is 0 Å². The summed E-state index contributed by atoms with van der Waals surface area (Å²) in [5, 5.41) is 3.20. The summed E-state index contributed by atoms with van der Waals surface area (Å²) in [6.07, 6.45) is -0.434. The molecule has 0 atom stereocenters. The van der Waals surface area contributed by atoms with Crippen LogP contribution in [0.1, 0.15) is 43.8 Å². The number of amides is 2. The molecule has 0 saturated heterocycles. The van der Waals surface area contributed by atoms with Gasteiger partial charge in [-0.3, -0.25) is 9.59 Å². The number of nitrogens with one attached hydrogen (secondary N) is 1. The summed E-state index contributed by atoms with van der Waals surface area (Å²) in [4.78, 5) is 39.1. The molecule has 31 heavy (non-hydrogen) atoms. The van der Waals surface area contributed by atoms with Crippen molar-refractivity contribution in [2.24, 2.45) is 0 Å². The maximum absolute atomic E-state index is 12.8. The zero-order chi connectivity index (χ0) is 22.6. The summed E-state index contributed by atoms with van der Waals surface area (Å²) in [6, 6.07) is 15.1. The fraction of sp³-hybridized carbons (Fsp3) is 0.292. The molecule has 0 aliphatic heterocycles. The van der Waals surface area contributed by atoms with Crippen LogP contribution in [-0.4, -0.2) is 29.0 Å². The van der Waals surface area contributed by atoms with Gasteiger partial charge in [-0.25, -0.2) is 4.79 Å². The minimum atomic E-state index is -0.605. The normalized spacial score (nSPS) is 11.2. The number of carbonyl (C=O) groups is 2. The van der Waals surface area contributed by atoms with Crippen molar-refractivity contribution >= 4 is 28.7 Å². The third-order valence-corrected chi connectivity index (χ3v) is 4.52. The van der Waals surface area contributed by atoms with Crippen molar-refractivity contribution in [1.29, 1.82) is 0 Å². The van der Waals surface area contributed by atoms with E-state index in [2.05, 4.69) is 5.32 Å². The predicted octanol–water partition coefficient (Wildman–Crippen LogP) is 4.80. The Kier molecular flexibility index (Phi) is 6.44. The van der Waals surface area contributed by atoms with Crippen LogP contribution in [0.15, 0.2) is 63.8 Å². The van der Waals surface area contributed by atoms with E-state index in [-0.39, 0.29) is 17.7 Å². The van der Waals surface area contributed by atoms with Gasteiger partial charge in [0.05, 0.1) is 11.9 Å². The average Bonchev–Trinajstić information content (AvgIpc) is 2.71. The molecular weight excluding hydrogens is 396 g/mol. The Morgan fingerprint density at radius 3 is 2.45 bits per heavy atom. The number of hydrogen-bond acceptors (Lipinski definition) is 5. The van der Waals surface area contributed by atoms with Crippen molar-refractivity contribution in [2.45, 2.75) is 39.8 Å². The lowest BCUT2D eigenvalue weighted by Crippen LogP contribution is -2.36. The number of carbonyl (C=O) groups excluding carboxylic acids is 2. The standard InChI is InChI=1S/C24H26N2O5/c1-5-26(23(29)31-24(2,3)4)15-16-10-6-8-12-18(16)25-22(28)21-14-19(27)17-11-7-9-13-20(17)30-21/h6-14H,5,15H2,1-4H3,(H,25,28). The fourth-order valence-electron chi connectivity index (χ4n) is 3.02. The number of rotatable bonds is 5. The Bertz CT molecular complexity index is 1160. The second-order valence-corrected chi connectivity index (χ2v) is 8.08. The summed E-state index contributed by atoms with van der Waals surface area (Å²) >= 11 is 0. The number of fused-ring (bicyclic) bond motifs is 1. The Morgan fingerprint density at radius 1 is 1.06 bits per heavy atom. The van der Waals surface area contributed by atoms with E-state index < -0.39 is 17.6 Å². The van der Waals surface area contributed by atoms with Gasteiger partial charge >= 0.3 is 6.09 Å². The maximum Gasteiger partial charge on any atom is 0.410 e. The number of benzene rings is 2. The molecule has 0 spiro atoms. The van der Waals surface area contributed by atoms with Crippen LogP contribution in [0.4, 0.5) is 10.5 Å². The first-order valence-corrected chi connectivity index (χ1v) is 10.1. The maximum atomic E-state index is 12.8. The Morgan fingerprint density at radius 2 is 1.74 bits per heavy atom. The summed E-state index contributed by atoms with van der Waals surface area (Å²) in [7, 11) is 0. The number of ether oxygens (including phenoxy) is 1. The van der Waals surface area contributed by atoms with Crippen LogP contribution < -0.4 is 10.7 Å².